The number of nitrogens with one attached hydrogen (secondary N) is 1. The second-order valence-electron chi connectivity index (χ2n) is 3.55. The zero-order chi connectivity index (χ0) is 12.0. The van der Waals surface area contributed by atoms with Crippen LogP contribution in [0.2, 0.25) is 0 Å². The second kappa shape index (κ2) is 6.05. The number of benzene rings is 1. The monoisotopic (exact) mass is 226 g/mol. The van der Waals surface area contributed by atoms with Crippen LogP contribution >= 0.6 is 0 Å². The maximum atomic E-state index is 12.8. The molecule has 0 aliphatic rings. The fourth-order valence-electron chi connectivity index (χ4n) is 1.40. The van der Waals surface area contributed by atoms with Gasteiger partial charge in [-0.05, 0) is 18.6 Å². The smallest absolute Gasteiger partial charge is 0.295 e. The molecule has 5 heteroatoms. The summed E-state index contributed by atoms with van der Waals surface area (Å²) in [5.74, 6) is -0.592. The van der Waals surface area contributed by atoms with E-state index in [1.165, 1.54) is 12.1 Å². The molecular formula is C11H15FN2O2. The normalized spacial score (nSPS) is 10.1. The quantitative estimate of drug-likeness (QED) is 0.460. The molecule has 1 aromatic carbocycles. The lowest BCUT2D eigenvalue weighted by Crippen LogP contribution is -2.04. The minimum absolute atomic E-state index is 0.212. The van der Waals surface area contributed by atoms with E-state index >= 15 is 0 Å². The molecule has 1 rings (SSSR count). The Hall–Kier alpha value is -1.65. The molecule has 0 aliphatic carbocycles. The first kappa shape index (κ1) is 12.4. The van der Waals surface area contributed by atoms with Gasteiger partial charge in [-0.15, -0.1) is 0 Å². The largest absolute Gasteiger partial charge is 0.379 e. The number of nitrogens with zero attached hydrogens (tertiary/aromatic N) is 1. The van der Waals surface area contributed by atoms with E-state index < -0.39 is 10.7 Å². The van der Waals surface area contributed by atoms with Gasteiger partial charge >= 0.3 is 0 Å². The van der Waals surface area contributed by atoms with E-state index in [4.69, 9.17) is 0 Å². The highest BCUT2D eigenvalue weighted by Gasteiger charge is 2.13. The minimum Gasteiger partial charge on any atom is -0.379 e. The van der Waals surface area contributed by atoms with Crippen molar-refractivity contribution in [1.82, 2.24) is 0 Å². The molecule has 4 nitrogen and oxygen atoms in total. The third-order valence-electron chi connectivity index (χ3n) is 2.25. The van der Waals surface area contributed by atoms with E-state index in [9.17, 15) is 14.5 Å². The first-order valence-electron chi connectivity index (χ1n) is 5.33. The molecular weight excluding hydrogens is 211 g/mol. The molecule has 0 aromatic heterocycles. The summed E-state index contributed by atoms with van der Waals surface area (Å²) in [6.45, 7) is 2.75. The van der Waals surface area contributed by atoms with Crippen molar-refractivity contribution in [3.05, 3.63) is 34.1 Å². The number of nitro groups is 1. The van der Waals surface area contributed by atoms with Crippen LogP contribution in [0.1, 0.15) is 26.2 Å². The molecule has 0 heterocycles. The Kier molecular flexibility index (Phi) is 4.69. The maximum Gasteiger partial charge on any atom is 0.295 e. The van der Waals surface area contributed by atoms with Crippen LogP contribution in [0, 0.1) is 15.9 Å². The van der Waals surface area contributed by atoms with Crippen LogP contribution in [0.3, 0.4) is 0 Å². The molecule has 0 radical (unpaired) electrons. The zero-order valence-corrected chi connectivity index (χ0v) is 9.20. The summed E-state index contributed by atoms with van der Waals surface area (Å²) in [6, 6.07) is 3.55. The summed E-state index contributed by atoms with van der Waals surface area (Å²) in [7, 11) is 0. The third kappa shape index (κ3) is 3.49. The molecule has 0 spiro atoms. The summed E-state index contributed by atoms with van der Waals surface area (Å²) in [6.07, 6.45) is 3.11. The van der Waals surface area contributed by atoms with Crippen molar-refractivity contribution in [2.24, 2.45) is 0 Å². The van der Waals surface area contributed by atoms with E-state index in [0.717, 1.165) is 25.3 Å². The van der Waals surface area contributed by atoms with Crippen LogP contribution in [0.5, 0.6) is 0 Å². The first-order chi connectivity index (χ1) is 7.65. The molecule has 0 bridgehead atoms. The number of anilines is 1. The SMILES string of the molecule is CCCCCNc1ccc(F)cc1[N+](=O)[O-]. The van der Waals surface area contributed by atoms with Crippen molar-refractivity contribution < 1.29 is 9.31 Å². The van der Waals surface area contributed by atoms with Gasteiger partial charge in [0.2, 0.25) is 0 Å². The van der Waals surface area contributed by atoms with Crippen molar-refractivity contribution in [3.63, 3.8) is 0 Å². The van der Waals surface area contributed by atoms with Gasteiger partial charge in [0.1, 0.15) is 11.5 Å². The summed E-state index contributed by atoms with van der Waals surface area (Å²) in [5.41, 5.74) is 0.166. The Labute approximate surface area is 93.6 Å². The molecule has 1 aromatic rings. The molecule has 0 unspecified atom stereocenters. The Morgan fingerprint density at radius 1 is 1.44 bits per heavy atom. The first-order valence-corrected chi connectivity index (χ1v) is 5.33. The van der Waals surface area contributed by atoms with Crippen LogP contribution in [0.15, 0.2) is 18.2 Å². The minimum atomic E-state index is -0.592. The van der Waals surface area contributed by atoms with E-state index in [2.05, 4.69) is 12.2 Å². The van der Waals surface area contributed by atoms with Crippen molar-refractivity contribution in [2.45, 2.75) is 26.2 Å². The Bertz CT molecular complexity index is 369. The van der Waals surface area contributed by atoms with E-state index in [1.807, 2.05) is 0 Å². The van der Waals surface area contributed by atoms with Gasteiger partial charge in [-0.2, -0.15) is 0 Å². The second-order valence-corrected chi connectivity index (χ2v) is 3.55. The highest BCUT2D eigenvalue weighted by Crippen LogP contribution is 2.24. The van der Waals surface area contributed by atoms with Crippen LogP contribution in [0.4, 0.5) is 15.8 Å². The molecule has 0 atom stereocenters. The molecule has 0 saturated heterocycles. The number of unbranched alkanes of at least 4 members (excludes halogenated alkanes) is 2. The highest BCUT2D eigenvalue weighted by atomic mass is 19.1. The lowest BCUT2D eigenvalue weighted by molar-refractivity contribution is -0.384. The van der Waals surface area contributed by atoms with Crippen molar-refractivity contribution >= 4 is 11.4 Å². The predicted octanol–water partition coefficient (Wildman–Crippen LogP) is 3.34. The molecule has 0 amide bonds. The highest BCUT2D eigenvalue weighted by molar-refractivity contribution is 5.61. The van der Waals surface area contributed by atoms with Gasteiger partial charge in [0.05, 0.1) is 11.0 Å². The van der Waals surface area contributed by atoms with Gasteiger partial charge in [0, 0.05) is 6.54 Å². The van der Waals surface area contributed by atoms with Crippen molar-refractivity contribution in [3.8, 4) is 0 Å². The lowest BCUT2D eigenvalue weighted by Gasteiger charge is -2.06. The van der Waals surface area contributed by atoms with Gasteiger partial charge in [-0.1, -0.05) is 19.8 Å². The molecule has 0 fully saturated rings. The fraction of sp³-hybridized carbons (Fsp3) is 0.455. The summed E-state index contributed by atoms with van der Waals surface area (Å²) in [5, 5.41) is 13.6. The number of hydrogen-bond acceptors (Lipinski definition) is 3. The average molecular weight is 226 g/mol. The zero-order valence-electron chi connectivity index (χ0n) is 9.20. The van der Waals surface area contributed by atoms with Crippen LogP contribution < -0.4 is 5.32 Å². The summed E-state index contributed by atoms with van der Waals surface area (Å²) < 4.78 is 12.8. The van der Waals surface area contributed by atoms with Crippen molar-refractivity contribution in [2.75, 3.05) is 11.9 Å². The predicted molar refractivity (Wildman–Crippen MR) is 61.1 cm³/mol. The lowest BCUT2D eigenvalue weighted by atomic mass is 10.2. The maximum absolute atomic E-state index is 12.8. The van der Waals surface area contributed by atoms with Crippen LogP contribution in [-0.4, -0.2) is 11.5 Å². The van der Waals surface area contributed by atoms with Gasteiger partial charge in [-0.25, -0.2) is 4.39 Å². The summed E-state index contributed by atoms with van der Waals surface area (Å²) in [4.78, 5) is 10.1. The Morgan fingerprint density at radius 2 is 2.19 bits per heavy atom. The Balaban J connectivity index is 2.67. The van der Waals surface area contributed by atoms with E-state index in [1.54, 1.807) is 0 Å². The third-order valence-corrected chi connectivity index (χ3v) is 2.25. The molecule has 16 heavy (non-hydrogen) atoms. The van der Waals surface area contributed by atoms with E-state index in [-0.39, 0.29) is 5.69 Å². The van der Waals surface area contributed by atoms with E-state index in [0.29, 0.717) is 12.2 Å². The molecule has 88 valence electrons. The molecule has 0 saturated carbocycles. The number of hydrogen-bond donors (Lipinski definition) is 1. The molecule has 0 aliphatic heterocycles. The number of halogens is 1. The standard InChI is InChI=1S/C11H15FN2O2/c1-2-3-4-7-13-10-6-5-9(12)8-11(10)14(15)16/h5-6,8,13H,2-4,7H2,1H3. The van der Waals surface area contributed by atoms with Crippen LogP contribution in [0.25, 0.3) is 0 Å². The van der Waals surface area contributed by atoms with Gasteiger partial charge in [0.15, 0.2) is 0 Å². The Morgan fingerprint density at radius 3 is 2.81 bits per heavy atom. The fourth-order valence-corrected chi connectivity index (χ4v) is 1.40. The topological polar surface area (TPSA) is 55.2 Å². The van der Waals surface area contributed by atoms with Crippen molar-refractivity contribution in [1.29, 1.82) is 0 Å². The van der Waals surface area contributed by atoms with Gasteiger partial charge in [0.25, 0.3) is 5.69 Å². The van der Waals surface area contributed by atoms with Gasteiger partial charge < -0.3 is 5.32 Å². The average Bonchev–Trinajstić information content (AvgIpc) is 2.26. The summed E-state index contributed by atoms with van der Waals surface area (Å²) >= 11 is 0. The molecule has 1 N–H and O–H groups in total. The van der Waals surface area contributed by atoms with Crippen LogP contribution in [-0.2, 0) is 0 Å². The number of nitro benzene ring substituents is 1. The van der Waals surface area contributed by atoms with Gasteiger partial charge in [-0.3, -0.25) is 10.1 Å². The number of rotatable bonds is 6.